The third-order valence-corrected chi connectivity index (χ3v) is 5.04. The zero-order chi connectivity index (χ0) is 18.8. The van der Waals surface area contributed by atoms with Gasteiger partial charge < -0.3 is 15.0 Å². The molecule has 0 aliphatic heterocycles. The van der Waals surface area contributed by atoms with Gasteiger partial charge in [0.05, 0.1) is 23.9 Å². The van der Waals surface area contributed by atoms with E-state index in [0.717, 1.165) is 18.5 Å². The molecule has 0 fully saturated rings. The van der Waals surface area contributed by atoms with Crippen molar-refractivity contribution in [1.29, 1.82) is 0 Å². The lowest BCUT2D eigenvalue weighted by Crippen LogP contribution is -2.27. The van der Waals surface area contributed by atoms with Gasteiger partial charge in [0.15, 0.2) is 0 Å². The van der Waals surface area contributed by atoms with Gasteiger partial charge in [0, 0.05) is 11.4 Å². The number of benzene rings is 1. The Morgan fingerprint density at radius 2 is 1.96 bits per heavy atom. The zero-order valence-electron chi connectivity index (χ0n) is 15.9. The van der Waals surface area contributed by atoms with Gasteiger partial charge in [-0.05, 0) is 75.8 Å². The molecule has 1 aliphatic rings. The van der Waals surface area contributed by atoms with Crippen LogP contribution < -0.4 is 5.32 Å². The molecule has 0 spiro atoms. The molecular formula is C21H26N2O3. The number of rotatable bonds is 6. The third kappa shape index (κ3) is 3.39. The van der Waals surface area contributed by atoms with Crippen LogP contribution in [0.25, 0.3) is 0 Å². The number of aryl methyl sites for hydroxylation is 3. The average molecular weight is 354 g/mol. The lowest BCUT2D eigenvalue weighted by atomic mass is 10.0. The Morgan fingerprint density at radius 1 is 1.23 bits per heavy atom. The highest BCUT2D eigenvalue weighted by Crippen LogP contribution is 2.26. The number of ketones is 1. The van der Waals surface area contributed by atoms with Crippen LogP contribution in [-0.4, -0.2) is 29.4 Å². The number of Topliss-reactive ketones (excluding diaryl/α,β-unsaturated/α-hetero) is 1. The molecule has 5 nitrogen and oxygen atoms in total. The van der Waals surface area contributed by atoms with E-state index in [2.05, 4.69) is 22.4 Å². The van der Waals surface area contributed by atoms with Crippen LogP contribution in [0.5, 0.6) is 0 Å². The molecule has 1 aromatic carbocycles. The van der Waals surface area contributed by atoms with E-state index in [0.29, 0.717) is 29.1 Å². The second-order valence-electron chi connectivity index (χ2n) is 6.91. The molecule has 5 heteroatoms. The van der Waals surface area contributed by atoms with Crippen LogP contribution in [0.4, 0.5) is 5.69 Å². The summed E-state index contributed by atoms with van der Waals surface area (Å²) in [6, 6.07) is 5.92. The van der Waals surface area contributed by atoms with Crippen molar-refractivity contribution in [2.75, 3.05) is 11.9 Å². The average Bonchev–Trinajstić information content (AvgIpc) is 3.18. The van der Waals surface area contributed by atoms with Crippen molar-refractivity contribution in [2.45, 2.75) is 53.0 Å². The number of hydrogen-bond acceptors (Lipinski definition) is 4. The van der Waals surface area contributed by atoms with Gasteiger partial charge in [-0.2, -0.15) is 0 Å². The summed E-state index contributed by atoms with van der Waals surface area (Å²) in [4.78, 5) is 28.1. The Morgan fingerprint density at radius 3 is 2.69 bits per heavy atom. The number of fused-ring (bicyclic) bond motifs is 1. The highest BCUT2D eigenvalue weighted by atomic mass is 16.5. The molecule has 1 heterocycles. The second kappa shape index (κ2) is 7.36. The van der Waals surface area contributed by atoms with E-state index in [1.54, 1.807) is 20.8 Å². The predicted octanol–water partition coefficient (Wildman–Crippen LogP) is 3.98. The Hall–Kier alpha value is -2.56. The van der Waals surface area contributed by atoms with E-state index in [4.69, 9.17) is 4.74 Å². The third-order valence-electron chi connectivity index (χ3n) is 5.04. The van der Waals surface area contributed by atoms with Crippen LogP contribution in [0.15, 0.2) is 18.2 Å². The molecule has 0 amide bonds. The summed E-state index contributed by atoms with van der Waals surface area (Å²) in [5, 5.41) is 3.29. The fourth-order valence-electron chi connectivity index (χ4n) is 3.70. The molecule has 0 bridgehead atoms. The maximum atomic E-state index is 12.9. The van der Waals surface area contributed by atoms with Crippen LogP contribution in [0, 0.1) is 13.8 Å². The quantitative estimate of drug-likeness (QED) is 0.608. The van der Waals surface area contributed by atoms with Crippen LogP contribution in [-0.2, 0) is 17.6 Å². The summed E-state index contributed by atoms with van der Waals surface area (Å²) < 4.78 is 5.10. The molecule has 0 saturated heterocycles. The number of ether oxygens (including phenoxy) is 1. The molecular weight excluding hydrogens is 328 g/mol. The molecule has 1 aromatic heterocycles. The number of carbonyl (C=O) groups is 2. The summed E-state index contributed by atoms with van der Waals surface area (Å²) in [5.74, 6) is -0.460. The molecule has 2 aromatic rings. The summed E-state index contributed by atoms with van der Waals surface area (Å²) in [6.45, 7) is 7.49. The van der Waals surface area contributed by atoms with Gasteiger partial charge in [0.25, 0.3) is 0 Å². The Labute approximate surface area is 154 Å². The fourth-order valence-corrected chi connectivity index (χ4v) is 3.70. The van der Waals surface area contributed by atoms with E-state index >= 15 is 0 Å². The molecule has 0 radical (unpaired) electrons. The smallest absolute Gasteiger partial charge is 0.340 e. The van der Waals surface area contributed by atoms with Gasteiger partial charge >= 0.3 is 5.97 Å². The van der Waals surface area contributed by atoms with Crippen molar-refractivity contribution in [3.05, 3.63) is 51.8 Å². The zero-order valence-corrected chi connectivity index (χ0v) is 15.9. The number of carbonyl (C=O) groups excluding carboxylic acids is 2. The minimum absolute atomic E-state index is 0.0679. The first-order valence-electron chi connectivity index (χ1n) is 9.21. The van der Waals surface area contributed by atoms with Crippen molar-refractivity contribution in [3.63, 3.8) is 0 Å². The number of esters is 1. The molecule has 0 unspecified atom stereocenters. The van der Waals surface area contributed by atoms with Gasteiger partial charge in [-0.1, -0.05) is 6.07 Å². The number of hydrogen-bond donors (Lipinski definition) is 2. The van der Waals surface area contributed by atoms with E-state index in [1.807, 2.05) is 13.0 Å². The number of aromatic nitrogens is 1. The van der Waals surface area contributed by atoms with Crippen molar-refractivity contribution < 1.29 is 14.3 Å². The van der Waals surface area contributed by atoms with Crippen molar-refractivity contribution in [3.8, 4) is 0 Å². The van der Waals surface area contributed by atoms with E-state index in [-0.39, 0.29) is 5.78 Å². The first kappa shape index (κ1) is 18.2. The van der Waals surface area contributed by atoms with Gasteiger partial charge in [0.1, 0.15) is 0 Å². The first-order chi connectivity index (χ1) is 12.4. The lowest BCUT2D eigenvalue weighted by Gasteiger charge is -2.15. The molecule has 3 rings (SSSR count). The molecule has 1 aliphatic carbocycles. The topological polar surface area (TPSA) is 71.2 Å². The van der Waals surface area contributed by atoms with Gasteiger partial charge in [-0.25, -0.2) is 4.79 Å². The Bertz CT molecular complexity index is 851. The van der Waals surface area contributed by atoms with Gasteiger partial charge in [-0.3, -0.25) is 4.79 Å². The summed E-state index contributed by atoms with van der Waals surface area (Å²) >= 11 is 0. The summed E-state index contributed by atoms with van der Waals surface area (Å²) in [6.07, 6.45) is 3.44. The summed E-state index contributed by atoms with van der Waals surface area (Å²) in [5.41, 5.74) is 5.96. The van der Waals surface area contributed by atoms with Gasteiger partial charge in [0.2, 0.25) is 5.78 Å². The minimum Gasteiger partial charge on any atom is -0.462 e. The van der Waals surface area contributed by atoms with Crippen molar-refractivity contribution >= 4 is 17.4 Å². The van der Waals surface area contributed by atoms with Crippen LogP contribution >= 0.6 is 0 Å². The SMILES string of the molecule is CCOC(=O)c1c(C)[nH]c(C(=O)[C@H](C)Nc2ccc3c(c2)CCC3)c1C. The monoisotopic (exact) mass is 354 g/mol. The minimum atomic E-state index is -0.402. The highest BCUT2D eigenvalue weighted by Gasteiger charge is 2.25. The molecule has 138 valence electrons. The van der Waals surface area contributed by atoms with Crippen molar-refractivity contribution in [2.24, 2.45) is 0 Å². The van der Waals surface area contributed by atoms with E-state index < -0.39 is 12.0 Å². The molecule has 1 atom stereocenters. The van der Waals surface area contributed by atoms with Crippen LogP contribution in [0.1, 0.15) is 63.5 Å². The number of nitrogens with one attached hydrogen (secondary N) is 2. The van der Waals surface area contributed by atoms with Crippen LogP contribution in [0.2, 0.25) is 0 Å². The first-order valence-corrected chi connectivity index (χ1v) is 9.21. The van der Waals surface area contributed by atoms with E-state index in [1.165, 1.54) is 17.5 Å². The van der Waals surface area contributed by atoms with Gasteiger partial charge in [-0.15, -0.1) is 0 Å². The second-order valence-corrected chi connectivity index (χ2v) is 6.91. The fraction of sp³-hybridized carbons (Fsp3) is 0.429. The summed E-state index contributed by atoms with van der Waals surface area (Å²) in [7, 11) is 0. The Kier molecular flexibility index (Phi) is 5.16. The maximum Gasteiger partial charge on any atom is 0.340 e. The highest BCUT2D eigenvalue weighted by molar-refractivity contribution is 6.04. The largest absolute Gasteiger partial charge is 0.462 e. The number of H-pyrrole nitrogens is 1. The van der Waals surface area contributed by atoms with Crippen LogP contribution in [0.3, 0.4) is 0 Å². The molecule has 0 saturated carbocycles. The lowest BCUT2D eigenvalue weighted by molar-refractivity contribution is 0.0525. The maximum absolute atomic E-state index is 12.9. The number of aromatic amines is 1. The normalized spacial score (nSPS) is 14.0. The number of anilines is 1. The van der Waals surface area contributed by atoms with Crippen molar-refractivity contribution in [1.82, 2.24) is 4.98 Å². The predicted molar refractivity (Wildman–Crippen MR) is 102 cm³/mol. The van der Waals surface area contributed by atoms with E-state index in [9.17, 15) is 9.59 Å². The molecule has 2 N–H and O–H groups in total. The molecule has 26 heavy (non-hydrogen) atoms. The Balaban J connectivity index is 1.78. The standard InChI is InChI=1S/C21H26N2O3/c1-5-26-21(25)18-12(2)19(23-13(18)3)20(24)14(4)22-17-10-9-15-7-6-8-16(15)11-17/h9-11,14,22-23H,5-8H2,1-4H3/t14-/m0/s1.